The second-order valence-corrected chi connectivity index (χ2v) is 5.57. The second kappa shape index (κ2) is 4.79. The van der Waals surface area contributed by atoms with E-state index in [1.807, 2.05) is 0 Å². The summed E-state index contributed by atoms with van der Waals surface area (Å²) < 4.78 is 0. The molecule has 1 aromatic rings. The first kappa shape index (κ1) is 12.6. The fourth-order valence-corrected chi connectivity index (χ4v) is 2.81. The molecule has 17 heavy (non-hydrogen) atoms. The van der Waals surface area contributed by atoms with Crippen LogP contribution in [-0.2, 0) is 0 Å². The third-order valence-corrected chi connectivity index (χ3v) is 4.02. The number of rotatable bonds is 2. The Bertz CT molecular complexity index is 398. The average molecular weight is 232 g/mol. The number of hydrogen-bond donors (Lipinski definition) is 1. The monoisotopic (exact) mass is 232 g/mol. The molecule has 2 N–H and O–H groups in total. The Hall–Kier alpha value is -0.860. The molecule has 0 aliphatic carbocycles. The highest BCUT2D eigenvalue weighted by molar-refractivity contribution is 5.33. The highest BCUT2D eigenvalue weighted by atomic mass is 15.2. The van der Waals surface area contributed by atoms with Crippen LogP contribution in [0.1, 0.15) is 43.0 Å². The van der Waals surface area contributed by atoms with Gasteiger partial charge < -0.3 is 5.73 Å². The molecule has 0 unspecified atom stereocenters. The smallest absolute Gasteiger partial charge is 0.0502 e. The van der Waals surface area contributed by atoms with Gasteiger partial charge in [0.2, 0.25) is 0 Å². The van der Waals surface area contributed by atoms with Crippen molar-refractivity contribution in [3.63, 3.8) is 0 Å². The minimum Gasteiger partial charge on any atom is -0.326 e. The van der Waals surface area contributed by atoms with E-state index >= 15 is 0 Å². The highest BCUT2D eigenvalue weighted by Crippen LogP contribution is 2.33. The van der Waals surface area contributed by atoms with E-state index in [4.69, 9.17) is 5.73 Å². The Morgan fingerprint density at radius 2 is 1.94 bits per heavy atom. The van der Waals surface area contributed by atoms with Crippen molar-refractivity contribution in [2.75, 3.05) is 6.54 Å². The molecule has 1 saturated heterocycles. The van der Waals surface area contributed by atoms with Gasteiger partial charge >= 0.3 is 0 Å². The maximum absolute atomic E-state index is 6.29. The summed E-state index contributed by atoms with van der Waals surface area (Å²) in [5.41, 5.74) is 10.4. The summed E-state index contributed by atoms with van der Waals surface area (Å²) in [4.78, 5) is 2.52. The van der Waals surface area contributed by atoms with Crippen molar-refractivity contribution in [1.29, 1.82) is 0 Å². The highest BCUT2D eigenvalue weighted by Gasteiger charge is 2.34. The lowest BCUT2D eigenvalue weighted by Crippen LogP contribution is -2.35. The Morgan fingerprint density at radius 3 is 2.53 bits per heavy atom. The molecule has 2 atom stereocenters. The van der Waals surface area contributed by atoms with E-state index in [2.05, 4.69) is 50.8 Å². The SMILES string of the molecule is Cc1ccc([C@H]2[C@H](N)CCN2C(C)C)cc1C. The van der Waals surface area contributed by atoms with Gasteiger partial charge in [0.15, 0.2) is 0 Å². The Kier molecular flexibility index (Phi) is 3.55. The van der Waals surface area contributed by atoms with Crippen molar-refractivity contribution < 1.29 is 0 Å². The van der Waals surface area contributed by atoms with E-state index in [0.29, 0.717) is 12.1 Å². The topological polar surface area (TPSA) is 29.3 Å². The quantitative estimate of drug-likeness (QED) is 0.849. The van der Waals surface area contributed by atoms with Crippen molar-refractivity contribution in [2.24, 2.45) is 5.73 Å². The maximum Gasteiger partial charge on any atom is 0.0502 e. The normalized spacial score (nSPS) is 25.8. The molecule has 2 heteroatoms. The van der Waals surface area contributed by atoms with Crippen molar-refractivity contribution in [1.82, 2.24) is 4.90 Å². The van der Waals surface area contributed by atoms with E-state index < -0.39 is 0 Å². The summed E-state index contributed by atoms with van der Waals surface area (Å²) in [6, 6.07) is 8.01. The van der Waals surface area contributed by atoms with Crippen molar-refractivity contribution >= 4 is 0 Å². The second-order valence-electron chi connectivity index (χ2n) is 5.57. The fraction of sp³-hybridized carbons (Fsp3) is 0.600. The van der Waals surface area contributed by atoms with Crippen LogP contribution in [0.5, 0.6) is 0 Å². The van der Waals surface area contributed by atoms with Gasteiger partial charge in [-0.2, -0.15) is 0 Å². The molecular weight excluding hydrogens is 208 g/mol. The third-order valence-electron chi connectivity index (χ3n) is 4.02. The van der Waals surface area contributed by atoms with Crippen LogP contribution >= 0.6 is 0 Å². The van der Waals surface area contributed by atoms with Gasteiger partial charge in [-0.3, -0.25) is 4.90 Å². The van der Waals surface area contributed by atoms with Gasteiger partial charge in [0.05, 0.1) is 6.04 Å². The summed E-state index contributed by atoms with van der Waals surface area (Å²) in [6.07, 6.45) is 1.11. The van der Waals surface area contributed by atoms with E-state index in [0.717, 1.165) is 13.0 Å². The lowest BCUT2D eigenvalue weighted by molar-refractivity contribution is 0.198. The maximum atomic E-state index is 6.29. The fourth-order valence-electron chi connectivity index (χ4n) is 2.81. The van der Waals surface area contributed by atoms with Crippen LogP contribution in [0, 0.1) is 13.8 Å². The van der Waals surface area contributed by atoms with E-state index in [1.54, 1.807) is 0 Å². The van der Waals surface area contributed by atoms with Crippen LogP contribution in [0.3, 0.4) is 0 Å². The summed E-state index contributed by atoms with van der Waals surface area (Å²) in [5, 5.41) is 0. The summed E-state index contributed by atoms with van der Waals surface area (Å²) in [6.45, 7) is 9.97. The molecule has 0 bridgehead atoms. The molecular formula is C15H24N2. The van der Waals surface area contributed by atoms with Crippen LogP contribution in [0.2, 0.25) is 0 Å². The number of hydrogen-bond acceptors (Lipinski definition) is 2. The van der Waals surface area contributed by atoms with Crippen LogP contribution in [0.25, 0.3) is 0 Å². The van der Waals surface area contributed by atoms with Gasteiger partial charge in [0, 0.05) is 18.6 Å². The first-order valence-corrected chi connectivity index (χ1v) is 6.59. The first-order chi connectivity index (χ1) is 8.00. The molecule has 1 aliphatic heterocycles. The van der Waals surface area contributed by atoms with Crippen molar-refractivity contribution in [3.05, 3.63) is 34.9 Å². The van der Waals surface area contributed by atoms with Gasteiger partial charge in [-0.25, -0.2) is 0 Å². The van der Waals surface area contributed by atoms with Crippen LogP contribution < -0.4 is 5.73 Å². The van der Waals surface area contributed by atoms with E-state index in [9.17, 15) is 0 Å². The minimum absolute atomic E-state index is 0.277. The van der Waals surface area contributed by atoms with Crippen LogP contribution in [0.4, 0.5) is 0 Å². The number of nitrogens with zero attached hydrogens (tertiary/aromatic N) is 1. The number of likely N-dealkylation sites (tertiary alicyclic amines) is 1. The molecule has 0 spiro atoms. The lowest BCUT2D eigenvalue weighted by Gasteiger charge is -2.30. The first-order valence-electron chi connectivity index (χ1n) is 6.59. The largest absolute Gasteiger partial charge is 0.326 e. The lowest BCUT2D eigenvalue weighted by atomic mass is 9.96. The molecule has 2 nitrogen and oxygen atoms in total. The summed E-state index contributed by atoms with van der Waals surface area (Å²) in [7, 11) is 0. The Balaban J connectivity index is 2.33. The molecule has 1 fully saturated rings. The van der Waals surface area contributed by atoms with Gasteiger partial charge in [-0.15, -0.1) is 0 Å². The minimum atomic E-state index is 0.277. The van der Waals surface area contributed by atoms with Crippen LogP contribution in [0.15, 0.2) is 18.2 Å². The summed E-state index contributed by atoms with van der Waals surface area (Å²) >= 11 is 0. The number of nitrogens with two attached hydrogens (primary N) is 1. The molecule has 0 aromatic heterocycles. The number of benzene rings is 1. The molecule has 0 radical (unpaired) electrons. The summed E-state index contributed by atoms with van der Waals surface area (Å²) in [5.74, 6) is 0. The van der Waals surface area contributed by atoms with E-state index in [1.165, 1.54) is 16.7 Å². The Labute approximate surface area is 105 Å². The predicted octanol–water partition coefficient (Wildman–Crippen LogP) is 2.79. The van der Waals surface area contributed by atoms with Gasteiger partial charge in [-0.1, -0.05) is 18.2 Å². The van der Waals surface area contributed by atoms with Gasteiger partial charge in [-0.05, 0) is 50.8 Å². The molecule has 0 amide bonds. The van der Waals surface area contributed by atoms with Crippen LogP contribution in [-0.4, -0.2) is 23.5 Å². The zero-order chi connectivity index (χ0) is 12.6. The zero-order valence-corrected chi connectivity index (χ0v) is 11.4. The predicted molar refractivity (Wildman–Crippen MR) is 73.1 cm³/mol. The van der Waals surface area contributed by atoms with Crippen molar-refractivity contribution in [3.8, 4) is 0 Å². The Morgan fingerprint density at radius 1 is 1.24 bits per heavy atom. The van der Waals surface area contributed by atoms with Gasteiger partial charge in [0.25, 0.3) is 0 Å². The van der Waals surface area contributed by atoms with E-state index in [-0.39, 0.29) is 6.04 Å². The van der Waals surface area contributed by atoms with Gasteiger partial charge in [0.1, 0.15) is 0 Å². The average Bonchev–Trinajstić information content (AvgIpc) is 2.64. The molecule has 94 valence electrons. The zero-order valence-electron chi connectivity index (χ0n) is 11.4. The molecule has 1 aromatic carbocycles. The standard InChI is InChI=1S/C15H24N2/c1-10(2)17-8-7-14(16)15(17)13-6-5-11(3)12(4)9-13/h5-6,9-10,14-15H,7-8,16H2,1-4H3/t14-,15+/m1/s1. The number of aryl methyl sites for hydroxylation is 2. The molecule has 2 rings (SSSR count). The molecule has 0 saturated carbocycles. The van der Waals surface area contributed by atoms with Crippen molar-refractivity contribution in [2.45, 2.75) is 52.2 Å². The molecule has 1 heterocycles. The third kappa shape index (κ3) is 2.38. The molecule has 1 aliphatic rings.